The summed E-state index contributed by atoms with van der Waals surface area (Å²) in [7, 11) is 0. The molecule has 0 radical (unpaired) electrons. The van der Waals surface area contributed by atoms with Crippen molar-refractivity contribution in [1.29, 1.82) is 0 Å². The lowest BCUT2D eigenvalue weighted by molar-refractivity contribution is -0.0286. The Kier molecular flexibility index (Phi) is 2.32. The van der Waals surface area contributed by atoms with Gasteiger partial charge in [-0.05, 0) is 31.7 Å². The summed E-state index contributed by atoms with van der Waals surface area (Å²) in [5.74, 6) is 0. The van der Waals surface area contributed by atoms with E-state index in [1.807, 2.05) is 0 Å². The molecule has 1 saturated heterocycles. The molecule has 2 heteroatoms. The molecule has 1 heterocycles. The topological polar surface area (TPSA) is 35.2 Å². The van der Waals surface area contributed by atoms with E-state index in [0.29, 0.717) is 11.5 Å². The average Bonchev–Trinajstić information content (AvgIpc) is 1.88. The van der Waals surface area contributed by atoms with Crippen molar-refractivity contribution < 1.29 is 4.74 Å². The molecule has 1 aliphatic heterocycles. The molecular formula is C8H17NO. The van der Waals surface area contributed by atoms with Gasteiger partial charge in [-0.3, -0.25) is 0 Å². The zero-order valence-corrected chi connectivity index (χ0v) is 6.89. The molecule has 0 saturated carbocycles. The highest BCUT2D eigenvalue weighted by atomic mass is 16.5. The minimum Gasteiger partial charge on any atom is -0.378 e. The molecule has 1 fully saturated rings. The predicted octanol–water partition coefficient (Wildman–Crippen LogP) is 1.15. The molecule has 0 bridgehead atoms. The Labute approximate surface area is 62.7 Å². The minimum atomic E-state index is 0.345. The standard InChI is InChI=1S/C8H17NO/c1-7-5-8(2,6-9)3-4-10-7/h7H,3-6,9H2,1-2H3/t7-,8-/m0/s1. The lowest BCUT2D eigenvalue weighted by Gasteiger charge is -2.35. The molecule has 10 heavy (non-hydrogen) atoms. The van der Waals surface area contributed by atoms with Crippen molar-refractivity contribution >= 4 is 0 Å². The predicted molar refractivity (Wildman–Crippen MR) is 41.8 cm³/mol. The van der Waals surface area contributed by atoms with Gasteiger partial charge in [0.2, 0.25) is 0 Å². The molecule has 2 atom stereocenters. The van der Waals surface area contributed by atoms with Crippen molar-refractivity contribution in [2.24, 2.45) is 11.1 Å². The van der Waals surface area contributed by atoms with Crippen LogP contribution in [0.15, 0.2) is 0 Å². The Morgan fingerprint density at radius 1 is 1.70 bits per heavy atom. The SMILES string of the molecule is C[C@H]1C[C@@](C)(CN)CCO1. The molecule has 0 aliphatic carbocycles. The smallest absolute Gasteiger partial charge is 0.0552 e. The molecular weight excluding hydrogens is 126 g/mol. The van der Waals surface area contributed by atoms with Crippen molar-refractivity contribution in [1.82, 2.24) is 0 Å². The van der Waals surface area contributed by atoms with Crippen molar-refractivity contribution in [3.05, 3.63) is 0 Å². The molecule has 1 rings (SSSR count). The van der Waals surface area contributed by atoms with Gasteiger partial charge in [-0.25, -0.2) is 0 Å². The van der Waals surface area contributed by atoms with Crippen LogP contribution in [0.4, 0.5) is 0 Å². The first kappa shape index (κ1) is 8.02. The first-order valence-electron chi connectivity index (χ1n) is 3.98. The van der Waals surface area contributed by atoms with Crippen LogP contribution >= 0.6 is 0 Å². The van der Waals surface area contributed by atoms with Gasteiger partial charge in [0, 0.05) is 6.61 Å². The highest BCUT2D eigenvalue weighted by molar-refractivity contribution is 4.80. The van der Waals surface area contributed by atoms with E-state index in [9.17, 15) is 0 Å². The van der Waals surface area contributed by atoms with E-state index in [4.69, 9.17) is 10.5 Å². The molecule has 0 unspecified atom stereocenters. The van der Waals surface area contributed by atoms with Crippen LogP contribution in [-0.2, 0) is 4.74 Å². The molecule has 0 aromatic carbocycles. The zero-order chi connectivity index (χ0) is 7.61. The summed E-state index contributed by atoms with van der Waals surface area (Å²) >= 11 is 0. The van der Waals surface area contributed by atoms with Crippen LogP contribution in [0.1, 0.15) is 26.7 Å². The monoisotopic (exact) mass is 143 g/mol. The van der Waals surface area contributed by atoms with Gasteiger partial charge >= 0.3 is 0 Å². The number of hydrogen-bond acceptors (Lipinski definition) is 2. The fourth-order valence-electron chi connectivity index (χ4n) is 1.55. The maximum Gasteiger partial charge on any atom is 0.0552 e. The van der Waals surface area contributed by atoms with Crippen LogP contribution < -0.4 is 5.73 Å². The van der Waals surface area contributed by atoms with E-state index in [0.717, 1.165) is 26.0 Å². The van der Waals surface area contributed by atoms with E-state index in [1.165, 1.54) is 0 Å². The van der Waals surface area contributed by atoms with Gasteiger partial charge in [0.1, 0.15) is 0 Å². The van der Waals surface area contributed by atoms with Crippen LogP contribution in [0.25, 0.3) is 0 Å². The Bertz CT molecular complexity index is 116. The molecule has 0 spiro atoms. The number of nitrogens with two attached hydrogens (primary N) is 1. The van der Waals surface area contributed by atoms with Gasteiger partial charge in [-0.2, -0.15) is 0 Å². The Balaban J connectivity index is 2.45. The second-order valence-corrected chi connectivity index (χ2v) is 3.65. The summed E-state index contributed by atoms with van der Waals surface area (Å²) in [5, 5.41) is 0. The highest BCUT2D eigenvalue weighted by Gasteiger charge is 2.29. The fourth-order valence-corrected chi connectivity index (χ4v) is 1.55. The molecule has 0 aromatic rings. The average molecular weight is 143 g/mol. The van der Waals surface area contributed by atoms with Gasteiger partial charge in [0.25, 0.3) is 0 Å². The molecule has 2 N–H and O–H groups in total. The molecule has 0 aromatic heterocycles. The van der Waals surface area contributed by atoms with E-state index in [-0.39, 0.29) is 0 Å². The zero-order valence-electron chi connectivity index (χ0n) is 6.89. The largest absolute Gasteiger partial charge is 0.378 e. The fraction of sp³-hybridized carbons (Fsp3) is 1.00. The summed E-state index contributed by atoms with van der Waals surface area (Å²) in [5.41, 5.74) is 5.99. The van der Waals surface area contributed by atoms with Crippen molar-refractivity contribution in [2.45, 2.75) is 32.8 Å². The van der Waals surface area contributed by atoms with Crippen LogP contribution in [0.5, 0.6) is 0 Å². The number of ether oxygens (including phenoxy) is 1. The van der Waals surface area contributed by atoms with Crippen LogP contribution in [0.2, 0.25) is 0 Å². The van der Waals surface area contributed by atoms with Gasteiger partial charge < -0.3 is 10.5 Å². The summed E-state index contributed by atoms with van der Waals surface area (Å²) < 4.78 is 5.42. The maximum absolute atomic E-state index is 5.64. The third-order valence-corrected chi connectivity index (χ3v) is 2.38. The van der Waals surface area contributed by atoms with E-state index in [2.05, 4.69) is 13.8 Å². The first-order chi connectivity index (χ1) is 4.66. The normalized spacial score (nSPS) is 41.7. The van der Waals surface area contributed by atoms with E-state index >= 15 is 0 Å². The van der Waals surface area contributed by atoms with E-state index in [1.54, 1.807) is 0 Å². The molecule has 0 amide bonds. The van der Waals surface area contributed by atoms with Crippen molar-refractivity contribution in [3.8, 4) is 0 Å². The van der Waals surface area contributed by atoms with Gasteiger partial charge in [0.15, 0.2) is 0 Å². The summed E-state index contributed by atoms with van der Waals surface area (Å²) in [6.07, 6.45) is 2.64. The Hall–Kier alpha value is -0.0800. The summed E-state index contributed by atoms with van der Waals surface area (Å²) in [4.78, 5) is 0. The molecule has 1 aliphatic rings. The summed E-state index contributed by atoms with van der Waals surface area (Å²) in [6, 6.07) is 0. The summed E-state index contributed by atoms with van der Waals surface area (Å²) in [6.45, 7) is 6.04. The Morgan fingerprint density at radius 2 is 2.40 bits per heavy atom. The maximum atomic E-state index is 5.64. The van der Waals surface area contributed by atoms with E-state index < -0.39 is 0 Å². The number of hydrogen-bond donors (Lipinski definition) is 1. The van der Waals surface area contributed by atoms with Crippen molar-refractivity contribution in [2.75, 3.05) is 13.2 Å². The highest BCUT2D eigenvalue weighted by Crippen LogP contribution is 2.31. The second-order valence-electron chi connectivity index (χ2n) is 3.65. The van der Waals surface area contributed by atoms with Crippen LogP contribution in [0, 0.1) is 5.41 Å². The quantitative estimate of drug-likeness (QED) is 0.597. The van der Waals surface area contributed by atoms with Crippen LogP contribution in [-0.4, -0.2) is 19.3 Å². The lowest BCUT2D eigenvalue weighted by Crippen LogP contribution is -2.37. The van der Waals surface area contributed by atoms with Crippen molar-refractivity contribution in [3.63, 3.8) is 0 Å². The number of rotatable bonds is 1. The first-order valence-corrected chi connectivity index (χ1v) is 3.98. The third kappa shape index (κ3) is 1.70. The van der Waals surface area contributed by atoms with Crippen LogP contribution in [0.3, 0.4) is 0 Å². The Morgan fingerprint density at radius 3 is 2.80 bits per heavy atom. The third-order valence-electron chi connectivity index (χ3n) is 2.38. The lowest BCUT2D eigenvalue weighted by atomic mass is 9.80. The molecule has 60 valence electrons. The van der Waals surface area contributed by atoms with Gasteiger partial charge in [0.05, 0.1) is 6.10 Å². The van der Waals surface area contributed by atoms with Gasteiger partial charge in [-0.1, -0.05) is 6.92 Å². The second kappa shape index (κ2) is 2.89. The minimum absolute atomic E-state index is 0.345. The van der Waals surface area contributed by atoms with Gasteiger partial charge in [-0.15, -0.1) is 0 Å². The molecule has 2 nitrogen and oxygen atoms in total.